The van der Waals surface area contributed by atoms with Gasteiger partial charge in [0, 0.05) is 6.61 Å². The molecule has 0 aliphatic carbocycles. The summed E-state index contributed by atoms with van der Waals surface area (Å²) in [6.07, 6.45) is 22.9. The third-order valence-electron chi connectivity index (χ3n) is 4.49. The van der Waals surface area contributed by atoms with Gasteiger partial charge in [0.2, 0.25) is 0 Å². The first kappa shape index (κ1) is 21.7. The summed E-state index contributed by atoms with van der Waals surface area (Å²) in [5.41, 5.74) is 5.69. The van der Waals surface area contributed by atoms with Crippen LogP contribution in [-0.4, -0.2) is 18.3 Å². The molecule has 1 unspecified atom stereocenters. The molecular weight excluding hydrogens is 270 g/mol. The maximum absolute atomic E-state index is 8.92. The highest BCUT2D eigenvalue weighted by Crippen LogP contribution is 2.14. The predicted octanol–water partition coefficient (Wildman–Crippen LogP) is 5.59. The average Bonchev–Trinajstić information content (AvgIpc) is 2.54. The van der Waals surface area contributed by atoms with Crippen molar-refractivity contribution in [1.29, 1.82) is 0 Å². The molecule has 0 fully saturated rings. The van der Waals surface area contributed by atoms with Gasteiger partial charge in [-0.2, -0.15) is 0 Å². The predicted molar refractivity (Wildman–Crippen MR) is 99.1 cm³/mol. The van der Waals surface area contributed by atoms with Crippen molar-refractivity contribution in [3.05, 3.63) is 12.2 Å². The molecule has 0 radical (unpaired) electrons. The molecule has 1 atom stereocenters. The van der Waals surface area contributed by atoms with Crippen LogP contribution in [-0.2, 0) is 0 Å². The van der Waals surface area contributed by atoms with Gasteiger partial charge >= 0.3 is 0 Å². The zero-order chi connectivity index (χ0) is 16.3. The summed E-state index contributed by atoms with van der Waals surface area (Å²) < 4.78 is 0. The van der Waals surface area contributed by atoms with E-state index in [1.807, 2.05) is 0 Å². The summed E-state index contributed by atoms with van der Waals surface area (Å²) in [6, 6.07) is 0. The number of unbranched alkanes of at least 4 members (excludes halogenated alkanes) is 10. The van der Waals surface area contributed by atoms with Crippen LogP contribution in [0.5, 0.6) is 0 Å². The third-order valence-corrected chi connectivity index (χ3v) is 4.49. The van der Waals surface area contributed by atoms with E-state index in [1.165, 1.54) is 83.5 Å². The molecule has 0 spiro atoms. The lowest BCUT2D eigenvalue weighted by molar-refractivity contribution is 0.252. The number of aliphatic hydroxyl groups excluding tert-OH is 1. The lowest BCUT2D eigenvalue weighted by Crippen LogP contribution is -2.15. The minimum atomic E-state index is 0.283. The Balaban J connectivity index is 3.20. The Morgan fingerprint density at radius 3 is 1.86 bits per heavy atom. The molecule has 0 amide bonds. The second-order valence-corrected chi connectivity index (χ2v) is 6.63. The van der Waals surface area contributed by atoms with E-state index in [9.17, 15) is 0 Å². The molecule has 0 aromatic carbocycles. The van der Waals surface area contributed by atoms with Gasteiger partial charge in [-0.1, -0.05) is 70.4 Å². The van der Waals surface area contributed by atoms with E-state index in [1.54, 1.807) is 0 Å². The molecule has 0 aliphatic heterocycles. The lowest BCUT2D eigenvalue weighted by Gasteiger charge is -2.12. The molecule has 22 heavy (non-hydrogen) atoms. The van der Waals surface area contributed by atoms with Crippen molar-refractivity contribution < 1.29 is 5.11 Å². The number of allylic oxidation sites excluding steroid dienone is 2. The fraction of sp³-hybridized carbons (Fsp3) is 0.900. The lowest BCUT2D eigenvalue weighted by atomic mass is 9.98. The van der Waals surface area contributed by atoms with Crippen LogP contribution in [0.4, 0.5) is 0 Å². The van der Waals surface area contributed by atoms with Gasteiger partial charge in [0.15, 0.2) is 0 Å². The third kappa shape index (κ3) is 16.0. The molecule has 2 nitrogen and oxygen atoms in total. The second kappa shape index (κ2) is 18.7. The number of hydrogen-bond donors (Lipinski definition) is 2. The van der Waals surface area contributed by atoms with Crippen molar-refractivity contribution in [2.45, 2.75) is 96.8 Å². The van der Waals surface area contributed by atoms with Gasteiger partial charge in [0.05, 0.1) is 0 Å². The van der Waals surface area contributed by atoms with Crippen molar-refractivity contribution in [1.82, 2.24) is 0 Å². The Bertz CT molecular complexity index is 228. The maximum atomic E-state index is 8.92. The van der Waals surface area contributed by atoms with E-state index in [0.29, 0.717) is 5.92 Å². The van der Waals surface area contributed by atoms with Crippen LogP contribution < -0.4 is 5.73 Å². The number of nitrogens with two attached hydrogens (primary N) is 1. The summed E-state index contributed by atoms with van der Waals surface area (Å²) in [5.74, 6) is 0.530. The smallest absolute Gasteiger partial charge is 0.0434 e. The molecular formula is C20H41NO. The summed E-state index contributed by atoms with van der Waals surface area (Å²) in [7, 11) is 0. The van der Waals surface area contributed by atoms with Crippen LogP contribution in [0.3, 0.4) is 0 Å². The molecule has 2 heteroatoms. The molecule has 0 aliphatic rings. The number of hydrogen-bond acceptors (Lipinski definition) is 2. The second-order valence-electron chi connectivity index (χ2n) is 6.63. The molecule has 0 rings (SSSR count). The van der Waals surface area contributed by atoms with Gasteiger partial charge in [-0.25, -0.2) is 0 Å². The zero-order valence-corrected chi connectivity index (χ0v) is 15.1. The van der Waals surface area contributed by atoms with Crippen molar-refractivity contribution in [2.24, 2.45) is 11.7 Å². The Hall–Kier alpha value is -0.340. The summed E-state index contributed by atoms with van der Waals surface area (Å²) in [5, 5.41) is 8.92. The highest BCUT2D eigenvalue weighted by molar-refractivity contribution is 4.81. The molecule has 0 bridgehead atoms. The molecule has 0 heterocycles. The highest BCUT2D eigenvalue weighted by atomic mass is 16.3. The van der Waals surface area contributed by atoms with E-state index in [4.69, 9.17) is 10.8 Å². The van der Waals surface area contributed by atoms with Gasteiger partial charge < -0.3 is 10.8 Å². The SMILES string of the molecule is CCCCCCCC/C=C\CCCCCCC(CN)CCO. The maximum Gasteiger partial charge on any atom is 0.0434 e. The van der Waals surface area contributed by atoms with Crippen LogP contribution in [0.1, 0.15) is 96.8 Å². The molecule has 3 N–H and O–H groups in total. The summed E-state index contributed by atoms with van der Waals surface area (Å²) >= 11 is 0. The fourth-order valence-corrected chi connectivity index (χ4v) is 2.89. The van der Waals surface area contributed by atoms with Crippen molar-refractivity contribution in [3.8, 4) is 0 Å². The van der Waals surface area contributed by atoms with E-state index in [0.717, 1.165) is 13.0 Å². The average molecular weight is 312 g/mol. The highest BCUT2D eigenvalue weighted by Gasteiger charge is 2.04. The van der Waals surface area contributed by atoms with E-state index in [-0.39, 0.29) is 6.61 Å². The van der Waals surface area contributed by atoms with Gasteiger partial charge in [-0.05, 0) is 51.0 Å². The van der Waals surface area contributed by atoms with E-state index < -0.39 is 0 Å². The van der Waals surface area contributed by atoms with Crippen LogP contribution >= 0.6 is 0 Å². The van der Waals surface area contributed by atoms with Crippen molar-refractivity contribution >= 4 is 0 Å². The summed E-state index contributed by atoms with van der Waals surface area (Å²) in [4.78, 5) is 0. The van der Waals surface area contributed by atoms with Crippen LogP contribution in [0.25, 0.3) is 0 Å². The number of aliphatic hydroxyl groups is 1. The normalized spacial score (nSPS) is 13.0. The Morgan fingerprint density at radius 2 is 1.32 bits per heavy atom. The first-order chi connectivity index (χ1) is 10.8. The van der Waals surface area contributed by atoms with Crippen molar-refractivity contribution in [3.63, 3.8) is 0 Å². The van der Waals surface area contributed by atoms with Crippen LogP contribution in [0.15, 0.2) is 12.2 Å². The minimum Gasteiger partial charge on any atom is -0.396 e. The Kier molecular flexibility index (Phi) is 18.4. The zero-order valence-electron chi connectivity index (χ0n) is 15.1. The van der Waals surface area contributed by atoms with Gasteiger partial charge in [0.1, 0.15) is 0 Å². The van der Waals surface area contributed by atoms with E-state index in [2.05, 4.69) is 19.1 Å². The largest absolute Gasteiger partial charge is 0.396 e. The van der Waals surface area contributed by atoms with Crippen LogP contribution in [0, 0.1) is 5.92 Å². The van der Waals surface area contributed by atoms with Crippen molar-refractivity contribution in [2.75, 3.05) is 13.2 Å². The molecule has 0 saturated carbocycles. The molecule has 0 aromatic heterocycles. The van der Waals surface area contributed by atoms with Gasteiger partial charge in [0.25, 0.3) is 0 Å². The molecule has 0 saturated heterocycles. The minimum absolute atomic E-state index is 0.283. The fourth-order valence-electron chi connectivity index (χ4n) is 2.89. The first-order valence-corrected chi connectivity index (χ1v) is 9.81. The monoisotopic (exact) mass is 311 g/mol. The Morgan fingerprint density at radius 1 is 0.773 bits per heavy atom. The first-order valence-electron chi connectivity index (χ1n) is 9.81. The van der Waals surface area contributed by atoms with Gasteiger partial charge in [-0.15, -0.1) is 0 Å². The standard InChI is InChI=1S/C20H41NO/c1-2-3-4-5-6-7-8-9-10-11-12-13-14-15-16-20(19-21)17-18-22/h9-10,20,22H,2-8,11-19,21H2,1H3/b10-9-. The summed E-state index contributed by atoms with van der Waals surface area (Å²) in [6.45, 7) is 3.28. The quantitative estimate of drug-likeness (QED) is 0.272. The van der Waals surface area contributed by atoms with Crippen LogP contribution in [0.2, 0.25) is 0 Å². The Labute approximate surface area is 139 Å². The molecule has 132 valence electrons. The molecule has 0 aromatic rings. The van der Waals surface area contributed by atoms with Gasteiger partial charge in [-0.3, -0.25) is 0 Å². The number of rotatable bonds is 17. The van der Waals surface area contributed by atoms with E-state index >= 15 is 0 Å². The topological polar surface area (TPSA) is 46.2 Å².